The Morgan fingerprint density at radius 1 is 1.24 bits per heavy atom. The molecule has 1 aliphatic heterocycles. The molecule has 1 fully saturated rings. The van der Waals surface area contributed by atoms with Gasteiger partial charge in [-0.15, -0.1) is 5.11 Å². The van der Waals surface area contributed by atoms with Crippen LogP contribution in [0.2, 0.25) is 0 Å². The minimum Gasteiger partial charge on any atom is -0.478 e. The monoisotopic (exact) mass is 454 g/mol. The Morgan fingerprint density at radius 2 is 2.06 bits per heavy atom. The number of aromatic nitrogens is 1. The average Bonchev–Trinajstić information content (AvgIpc) is 2.82. The first-order chi connectivity index (χ1) is 16.0. The highest BCUT2D eigenvalue weighted by Gasteiger charge is 2.14. The zero-order valence-electron chi connectivity index (χ0n) is 19.8. The molecule has 8 heteroatoms. The van der Waals surface area contributed by atoms with Gasteiger partial charge in [0, 0.05) is 37.3 Å². The Kier molecular flexibility index (Phi) is 9.62. The topological polar surface area (TPSA) is 85.6 Å². The van der Waals surface area contributed by atoms with Crippen molar-refractivity contribution in [2.45, 2.75) is 52.7 Å². The van der Waals surface area contributed by atoms with Gasteiger partial charge in [0.1, 0.15) is 0 Å². The van der Waals surface area contributed by atoms with Crippen LogP contribution in [-0.2, 0) is 20.8 Å². The van der Waals surface area contributed by atoms with Crippen LogP contribution in [0.4, 0.5) is 11.5 Å². The standard InChI is InChI=1S/C25H34N4O4/c1-4-20(3)33-25(30)9-6-12-32-24-17-22(29-10-13-31-14-11-29)16-23(27-24)28-26-18-21-8-5-7-19(2)15-21/h5,7-8,15-17,20H,4,6,9-14,18H2,1-3H3. The normalized spacial score (nSPS) is 14.9. The van der Waals surface area contributed by atoms with Crippen molar-refractivity contribution >= 4 is 17.5 Å². The molecule has 0 bridgehead atoms. The minimum atomic E-state index is -0.200. The molecule has 0 aliphatic carbocycles. The van der Waals surface area contributed by atoms with E-state index in [1.54, 1.807) is 0 Å². The van der Waals surface area contributed by atoms with E-state index in [9.17, 15) is 4.79 Å². The fraction of sp³-hybridized carbons (Fsp3) is 0.520. The van der Waals surface area contributed by atoms with Crippen molar-refractivity contribution in [3.05, 3.63) is 47.5 Å². The summed E-state index contributed by atoms with van der Waals surface area (Å²) in [7, 11) is 0. The molecular weight excluding hydrogens is 420 g/mol. The number of pyridine rings is 1. The molecule has 2 aromatic rings. The van der Waals surface area contributed by atoms with E-state index in [0.29, 0.717) is 50.9 Å². The van der Waals surface area contributed by atoms with Crippen LogP contribution in [0, 0.1) is 6.92 Å². The van der Waals surface area contributed by atoms with Gasteiger partial charge in [0.15, 0.2) is 5.82 Å². The number of nitrogens with zero attached hydrogens (tertiary/aromatic N) is 4. The number of esters is 1. The zero-order valence-corrected chi connectivity index (χ0v) is 19.8. The van der Waals surface area contributed by atoms with Gasteiger partial charge in [-0.25, -0.2) is 0 Å². The third-order valence-corrected chi connectivity index (χ3v) is 5.34. The number of carbonyl (C=O) groups is 1. The Balaban J connectivity index is 1.63. The molecule has 3 rings (SSSR count). The smallest absolute Gasteiger partial charge is 0.306 e. The van der Waals surface area contributed by atoms with Gasteiger partial charge >= 0.3 is 5.97 Å². The molecule has 1 aromatic heterocycles. The van der Waals surface area contributed by atoms with Crippen LogP contribution in [-0.4, -0.2) is 50.0 Å². The number of azo groups is 1. The first-order valence-electron chi connectivity index (χ1n) is 11.6. The molecule has 1 aromatic carbocycles. The Bertz CT molecular complexity index is 928. The van der Waals surface area contributed by atoms with Gasteiger partial charge in [-0.3, -0.25) is 4.79 Å². The summed E-state index contributed by atoms with van der Waals surface area (Å²) < 4.78 is 16.6. The van der Waals surface area contributed by atoms with Crippen LogP contribution in [0.1, 0.15) is 44.2 Å². The lowest BCUT2D eigenvalue weighted by Gasteiger charge is -2.29. The van der Waals surface area contributed by atoms with Crippen molar-refractivity contribution in [1.82, 2.24) is 4.98 Å². The fourth-order valence-corrected chi connectivity index (χ4v) is 3.37. The van der Waals surface area contributed by atoms with Crippen LogP contribution in [0.15, 0.2) is 46.6 Å². The van der Waals surface area contributed by atoms with Crippen molar-refractivity contribution in [1.29, 1.82) is 0 Å². The second-order valence-corrected chi connectivity index (χ2v) is 8.17. The largest absolute Gasteiger partial charge is 0.478 e. The minimum absolute atomic E-state index is 0.0574. The van der Waals surface area contributed by atoms with Gasteiger partial charge in [0.25, 0.3) is 0 Å². The number of anilines is 1. The third kappa shape index (κ3) is 8.46. The number of rotatable bonds is 11. The van der Waals surface area contributed by atoms with E-state index in [2.05, 4.69) is 39.2 Å². The van der Waals surface area contributed by atoms with Gasteiger partial charge in [-0.2, -0.15) is 10.1 Å². The number of aryl methyl sites for hydroxylation is 1. The number of carbonyl (C=O) groups excluding carboxylic acids is 1. The van der Waals surface area contributed by atoms with E-state index in [-0.39, 0.29) is 12.1 Å². The predicted molar refractivity (Wildman–Crippen MR) is 127 cm³/mol. The Morgan fingerprint density at radius 3 is 2.82 bits per heavy atom. The van der Waals surface area contributed by atoms with E-state index >= 15 is 0 Å². The van der Waals surface area contributed by atoms with Crippen LogP contribution >= 0.6 is 0 Å². The summed E-state index contributed by atoms with van der Waals surface area (Å²) in [5.74, 6) is 0.769. The van der Waals surface area contributed by atoms with Crippen LogP contribution in [0.5, 0.6) is 5.88 Å². The molecule has 0 radical (unpaired) electrons. The molecule has 178 valence electrons. The van der Waals surface area contributed by atoms with Gasteiger partial charge < -0.3 is 19.1 Å². The quantitative estimate of drug-likeness (QED) is 0.269. The van der Waals surface area contributed by atoms with Gasteiger partial charge in [0.2, 0.25) is 5.88 Å². The van der Waals surface area contributed by atoms with Crippen molar-refractivity contribution < 1.29 is 19.0 Å². The highest BCUT2D eigenvalue weighted by atomic mass is 16.5. The maximum absolute atomic E-state index is 11.9. The SMILES string of the molecule is CCC(C)OC(=O)CCCOc1cc(N2CCOCC2)cc(N=NCc2cccc(C)c2)n1. The molecule has 2 heterocycles. The lowest BCUT2D eigenvalue weighted by Crippen LogP contribution is -2.36. The highest BCUT2D eigenvalue weighted by Crippen LogP contribution is 2.27. The maximum atomic E-state index is 11.9. The summed E-state index contributed by atoms with van der Waals surface area (Å²) in [6.07, 6.45) is 1.62. The zero-order chi connectivity index (χ0) is 23.5. The molecule has 1 unspecified atom stereocenters. The molecule has 1 atom stereocenters. The summed E-state index contributed by atoms with van der Waals surface area (Å²) in [6.45, 7) is 9.75. The second kappa shape index (κ2) is 12.9. The first-order valence-corrected chi connectivity index (χ1v) is 11.6. The Hall–Kier alpha value is -3.00. The van der Waals surface area contributed by atoms with Crippen molar-refractivity contribution in [3.8, 4) is 5.88 Å². The van der Waals surface area contributed by atoms with E-state index < -0.39 is 0 Å². The number of hydrogen-bond acceptors (Lipinski definition) is 8. The number of morpholine rings is 1. The van der Waals surface area contributed by atoms with Crippen LogP contribution in [0.25, 0.3) is 0 Å². The summed E-state index contributed by atoms with van der Waals surface area (Å²) >= 11 is 0. The molecule has 0 spiro atoms. The summed E-state index contributed by atoms with van der Waals surface area (Å²) in [6, 6.07) is 12.0. The van der Waals surface area contributed by atoms with Crippen molar-refractivity contribution in [2.75, 3.05) is 37.8 Å². The number of hydrogen-bond donors (Lipinski definition) is 0. The van der Waals surface area contributed by atoms with Gasteiger partial charge in [-0.1, -0.05) is 36.8 Å². The average molecular weight is 455 g/mol. The van der Waals surface area contributed by atoms with E-state index in [1.807, 2.05) is 38.1 Å². The van der Waals surface area contributed by atoms with E-state index in [0.717, 1.165) is 30.8 Å². The number of benzene rings is 1. The highest BCUT2D eigenvalue weighted by molar-refractivity contribution is 5.69. The molecule has 0 saturated carbocycles. The second-order valence-electron chi connectivity index (χ2n) is 8.17. The molecule has 33 heavy (non-hydrogen) atoms. The molecule has 0 N–H and O–H groups in total. The lowest BCUT2D eigenvalue weighted by atomic mass is 10.1. The molecule has 8 nitrogen and oxygen atoms in total. The lowest BCUT2D eigenvalue weighted by molar-refractivity contribution is -0.148. The van der Waals surface area contributed by atoms with E-state index in [4.69, 9.17) is 14.2 Å². The van der Waals surface area contributed by atoms with Crippen LogP contribution < -0.4 is 9.64 Å². The molecule has 1 aliphatic rings. The summed E-state index contributed by atoms with van der Waals surface area (Å²) in [4.78, 5) is 18.6. The van der Waals surface area contributed by atoms with Crippen LogP contribution in [0.3, 0.4) is 0 Å². The van der Waals surface area contributed by atoms with Crippen molar-refractivity contribution in [3.63, 3.8) is 0 Å². The maximum Gasteiger partial charge on any atom is 0.306 e. The molecule has 1 saturated heterocycles. The number of ether oxygens (including phenoxy) is 3. The first kappa shape index (κ1) is 24.6. The summed E-state index contributed by atoms with van der Waals surface area (Å²) in [5.41, 5.74) is 3.27. The fourth-order valence-electron chi connectivity index (χ4n) is 3.37. The van der Waals surface area contributed by atoms with Gasteiger partial charge in [0.05, 0.1) is 32.5 Å². The van der Waals surface area contributed by atoms with Crippen molar-refractivity contribution in [2.24, 2.45) is 10.2 Å². The van der Waals surface area contributed by atoms with Gasteiger partial charge in [-0.05, 0) is 32.3 Å². The summed E-state index contributed by atoms with van der Waals surface area (Å²) in [5, 5.41) is 8.69. The van der Waals surface area contributed by atoms with E-state index in [1.165, 1.54) is 5.56 Å². The third-order valence-electron chi connectivity index (χ3n) is 5.34. The molecule has 0 amide bonds. The molecular formula is C25H34N4O4. The predicted octanol–water partition coefficient (Wildman–Crippen LogP) is 5.01. The Labute approximate surface area is 196 Å².